The summed E-state index contributed by atoms with van der Waals surface area (Å²) in [5.41, 5.74) is 1.73. The average Bonchev–Trinajstić information content (AvgIpc) is 3.21. The van der Waals surface area contributed by atoms with Crippen LogP contribution in [-0.2, 0) is 6.42 Å². The lowest BCUT2D eigenvalue weighted by molar-refractivity contribution is 0.0963. The molecule has 1 aromatic heterocycles. The second kappa shape index (κ2) is 11.7. The van der Waals surface area contributed by atoms with Gasteiger partial charge in [0.2, 0.25) is 0 Å². The lowest BCUT2D eigenvalue weighted by atomic mass is 10.1. The van der Waals surface area contributed by atoms with Gasteiger partial charge in [-0.15, -0.1) is 24.0 Å². The summed E-state index contributed by atoms with van der Waals surface area (Å²) in [6, 6.07) is 10.8. The number of carbonyl (C=O) groups excluding carboxylic acids is 1. The smallest absolute Gasteiger partial charge is 0.251 e. The van der Waals surface area contributed by atoms with Crippen LogP contribution in [0, 0.1) is 5.82 Å². The Morgan fingerprint density at radius 2 is 2.17 bits per heavy atom. The molecule has 3 N–H and O–H groups in total. The van der Waals surface area contributed by atoms with Crippen molar-refractivity contribution in [2.24, 2.45) is 4.99 Å². The van der Waals surface area contributed by atoms with Crippen LogP contribution in [0.1, 0.15) is 22.3 Å². The van der Waals surface area contributed by atoms with Gasteiger partial charge in [-0.2, -0.15) is 0 Å². The molecule has 1 aliphatic heterocycles. The predicted octanol–water partition coefficient (Wildman–Crippen LogP) is 2.18. The Morgan fingerprint density at radius 1 is 1.33 bits per heavy atom. The molecule has 162 valence electrons. The molecule has 0 spiro atoms. The molecule has 1 aromatic carbocycles. The van der Waals surface area contributed by atoms with Gasteiger partial charge in [0, 0.05) is 51.5 Å². The number of benzene rings is 1. The number of rotatable bonds is 6. The summed E-state index contributed by atoms with van der Waals surface area (Å²) >= 11 is 0. The average molecular weight is 526 g/mol. The van der Waals surface area contributed by atoms with Crippen LogP contribution in [0.15, 0.2) is 47.6 Å². The SMILES string of the molecule is CN=C(NCCc1cccc(C(=O)NC)c1)NC1CCN(c2ncccc2F)C1.I. The number of pyridine rings is 1. The molecular formula is C21H28FIN6O. The summed E-state index contributed by atoms with van der Waals surface area (Å²) in [6.07, 6.45) is 3.26. The fraction of sp³-hybridized carbons (Fsp3) is 0.381. The Kier molecular flexibility index (Phi) is 9.28. The Morgan fingerprint density at radius 3 is 2.90 bits per heavy atom. The molecule has 0 bridgehead atoms. The second-order valence-electron chi connectivity index (χ2n) is 6.91. The van der Waals surface area contributed by atoms with Gasteiger partial charge in [0.05, 0.1) is 0 Å². The molecule has 1 saturated heterocycles. The molecule has 0 saturated carbocycles. The molecule has 7 nitrogen and oxygen atoms in total. The zero-order valence-electron chi connectivity index (χ0n) is 17.2. The summed E-state index contributed by atoms with van der Waals surface area (Å²) < 4.78 is 13.9. The first-order valence-corrected chi connectivity index (χ1v) is 9.74. The molecule has 0 radical (unpaired) electrons. The molecule has 1 amide bonds. The van der Waals surface area contributed by atoms with Crippen LogP contribution in [0.2, 0.25) is 0 Å². The number of anilines is 1. The standard InChI is InChI=1S/C21H27FN6O.HI/c1-23-20(29)16-6-3-5-15(13-16)8-11-26-21(24-2)27-17-9-12-28(14-17)19-18(22)7-4-10-25-19;/h3-7,10,13,17H,8-9,11-12,14H2,1-2H3,(H,23,29)(H2,24,26,27);1H. The summed E-state index contributed by atoms with van der Waals surface area (Å²) in [5, 5.41) is 9.33. The van der Waals surface area contributed by atoms with E-state index in [4.69, 9.17) is 0 Å². The van der Waals surface area contributed by atoms with Crippen molar-refractivity contribution in [3.05, 3.63) is 59.5 Å². The number of hydrogen-bond acceptors (Lipinski definition) is 4. The molecule has 1 fully saturated rings. The van der Waals surface area contributed by atoms with Gasteiger partial charge in [-0.1, -0.05) is 12.1 Å². The maximum absolute atomic E-state index is 13.9. The van der Waals surface area contributed by atoms with Crippen molar-refractivity contribution in [2.45, 2.75) is 18.9 Å². The highest BCUT2D eigenvalue weighted by molar-refractivity contribution is 14.0. The highest BCUT2D eigenvalue weighted by atomic mass is 127. The first-order chi connectivity index (χ1) is 14.1. The lowest BCUT2D eigenvalue weighted by Crippen LogP contribution is -2.45. The summed E-state index contributed by atoms with van der Waals surface area (Å²) in [4.78, 5) is 22.1. The maximum atomic E-state index is 13.9. The third-order valence-electron chi connectivity index (χ3n) is 4.91. The van der Waals surface area contributed by atoms with Crippen LogP contribution < -0.4 is 20.9 Å². The van der Waals surface area contributed by atoms with E-state index >= 15 is 0 Å². The van der Waals surface area contributed by atoms with Crippen molar-refractivity contribution in [1.29, 1.82) is 0 Å². The number of halogens is 2. The normalized spacial score (nSPS) is 16.0. The van der Waals surface area contributed by atoms with E-state index in [9.17, 15) is 9.18 Å². The molecule has 30 heavy (non-hydrogen) atoms. The van der Waals surface area contributed by atoms with E-state index in [-0.39, 0.29) is 41.7 Å². The Hall–Kier alpha value is -2.43. The van der Waals surface area contributed by atoms with E-state index in [0.717, 1.165) is 24.9 Å². The number of amides is 1. The van der Waals surface area contributed by atoms with E-state index in [1.165, 1.54) is 6.07 Å². The molecule has 2 aromatic rings. The van der Waals surface area contributed by atoms with Crippen molar-refractivity contribution in [2.75, 3.05) is 38.6 Å². The topological polar surface area (TPSA) is 81.6 Å². The first-order valence-electron chi connectivity index (χ1n) is 9.74. The van der Waals surface area contributed by atoms with Gasteiger partial charge in [-0.3, -0.25) is 9.79 Å². The number of hydrogen-bond donors (Lipinski definition) is 3. The van der Waals surface area contributed by atoms with Gasteiger partial charge in [0.25, 0.3) is 5.91 Å². The van der Waals surface area contributed by atoms with Crippen molar-refractivity contribution in [1.82, 2.24) is 20.9 Å². The van der Waals surface area contributed by atoms with Crippen LogP contribution >= 0.6 is 24.0 Å². The quantitative estimate of drug-likeness (QED) is 0.306. The van der Waals surface area contributed by atoms with E-state index in [1.807, 2.05) is 23.1 Å². The second-order valence-corrected chi connectivity index (χ2v) is 6.91. The summed E-state index contributed by atoms with van der Waals surface area (Å²) in [7, 11) is 3.35. The number of aliphatic imine (C=N–C) groups is 1. The monoisotopic (exact) mass is 526 g/mol. The van der Waals surface area contributed by atoms with Crippen molar-refractivity contribution in [3.8, 4) is 0 Å². The molecule has 2 heterocycles. The van der Waals surface area contributed by atoms with E-state index in [1.54, 1.807) is 32.4 Å². The maximum Gasteiger partial charge on any atom is 0.251 e. The van der Waals surface area contributed by atoms with Gasteiger partial charge in [-0.05, 0) is 42.7 Å². The molecule has 0 aliphatic carbocycles. The number of guanidine groups is 1. The lowest BCUT2D eigenvalue weighted by Gasteiger charge is -2.20. The molecule has 1 unspecified atom stereocenters. The zero-order valence-corrected chi connectivity index (χ0v) is 19.5. The minimum Gasteiger partial charge on any atom is -0.356 e. The molecule has 1 aliphatic rings. The van der Waals surface area contributed by atoms with Crippen molar-refractivity contribution >= 4 is 41.7 Å². The predicted molar refractivity (Wildman–Crippen MR) is 128 cm³/mol. The Bertz CT molecular complexity index is 878. The fourth-order valence-electron chi connectivity index (χ4n) is 3.41. The summed E-state index contributed by atoms with van der Waals surface area (Å²) in [5.74, 6) is 0.721. The summed E-state index contributed by atoms with van der Waals surface area (Å²) in [6.45, 7) is 2.10. The van der Waals surface area contributed by atoms with Crippen LogP contribution in [-0.4, -0.2) is 56.6 Å². The third kappa shape index (κ3) is 6.28. The van der Waals surface area contributed by atoms with Gasteiger partial charge in [0.1, 0.15) is 0 Å². The van der Waals surface area contributed by atoms with Crippen LogP contribution in [0.5, 0.6) is 0 Å². The number of nitrogens with one attached hydrogen (secondary N) is 3. The van der Waals surface area contributed by atoms with Gasteiger partial charge < -0.3 is 20.9 Å². The van der Waals surface area contributed by atoms with Crippen molar-refractivity contribution in [3.63, 3.8) is 0 Å². The highest BCUT2D eigenvalue weighted by Crippen LogP contribution is 2.20. The molecular weight excluding hydrogens is 498 g/mol. The minimum absolute atomic E-state index is 0. The van der Waals surface area contributed by atoms with Gasteiger partial charge in [-0.25, -0.2) is 9.37 Å². The number of aromatic nitrogens is 1. The minimum atomic E-state index is -0.297. The van der Waals surface area contributed by atoms with E-state index < -0.39 is 0 Å². The van der Waals surface area contributed by atoms with Crippen LogP contribution in [0.4, 0.5) is 10.2 Å². The van der Waals surface area contributed by atoms with Crippen LogP contribution in [0.3, 0.4) is 0 Å². The molecule has 1 atom stereocenters. The molecule has 3 rings (SSSR count). The third-order valence-corrected chi connectivity index (χ3v) is 4.91. The zero-order chi connectivity index (χ0) is 20.6. The van der Waals surface area contributed by atoms with Crippen LogP contribution in [0.25, 0.3) is 0 Å². The first kappa shape index (κ1) is 23.8. The number of nitrogens with zero attached hydrogens (tertiary/aromatic N) is 3. The highest BCUT2D eigenvalue weighted by Gasteiger charge is 2.25. The largest absolute Gasteiger partial charge is 0.356 e. The van der Waals surface area contributed by atoms with Gasteiger partial charge in [0.15, 0.2) is 17.6 Å². The molecule has 9 heteroatoms. The van der Waals surface area contributed by atoms with Crippen molar-refractivity contribution < 1.29 is 9.18 Å². The van der Waals surface area contributed by atoms with Gasteiger partial charge >= 0.3 is 0 Å². The fourth-order valence-corrected chi connectivity index (χ4v) is 3.41. The van der Waals surface area contributed by atoms with E-state index in [2.05, 4.69) is 25.9 Å². The number of carbonyl (C=O) groups is 1. The Balaban J connectivity index is 0.00000320. The Labute approximate surface area is 193 Å². The van der Waals surface area contributed by atoms with E-state index in [0.29, 0.717) is 30.4 Å².